The lowest BCUT2D eigenvalue weighted by atomic mass is 10.0. The molecule has 0 heterocycles. The van der Waals surface area contributed by atoms with Gasteiger partial charge in [-0.3, -0.25) is 0 Å². The Bertz CT molecular complexity index is 133. The molecule has 0 aliphatic rings. The first-order chi connectivity index (χ1) is 8.31. The first-order valence-corrected chi connectivity index (χ1v) is 7.80. The zero-order valence-corrected chi connectivity index (χ0v) is 12.5. The van der Waals surface area contributed by atoms with Gasteiger partial charge in [0.2, 0.25) is 0 Å². The van der Waals surface area contributed by atoms with Crippen LogP contribution in [0.25, 0.3) is 0 Å². The van der Waals surface area contributed by atoms with E-state index in [1.54, 1.807) is 7.11 Å². The van der Waals surface area contributed by atoms with Gasteiger partial charge in [0.05, 0.1) is 0 Å². The van der Waals surface area contributed by atoms with Crippen LogP contribution >= 0.6 is 0 Å². The predicted octanol–water partition coefficient (Wildman–Crippen LogP) is 5.58. The molecule has 0 aromatic carbocycles. The van der Waals surface area contributed by atoms with E-state index in [-0.39, 0.29) is 0 Å². The summed E-state index contributed by atoms with van der Waals surface area (Å²) in [7, 11) is 1.80. The van der Waals surface area contributed by atoms with Crippen molar-refractivity contribution in [2.24, 2.45) is 5.92 Å². The molecule has 17 heavy (non-hydrogen) atoms. The zero-order chi connectivity index (χ0) is 12.8. The fourth-order valence-corrected chi connectivity index (χ4v) is 2.35. The SMILES string of the molecule is CCCCCCCCCCCCC(C)COC. The number of ether oxygens (including phenoxy) is 1. The summed E-state index contributed by atoms with van der Waals surface area (Å²) in [5, 5.41) is 0. The molecule has 0 spiro atoms. The van der Waals surface area contributed by atoms with Crippen molar-refractivity contribution in [3.8, 4) is 0 Å². The van der Waals surface area contributed by atoms with Crippen LogP contribution in [0.1, 0.15) is 84.5 Å². The minimum absolute atomic E-state index is 0.744. The molecule has 0 rings (SSSR count). The van der Waals surface area contributed by atoms with Crippen molar-refractivity contribution in [2.75, 3.05) is 13.7 Å². The van der Waals surface area contributed by atoms with Gasteiger partial charge in [-0.2, -0.15) is 0 Å². The van der Waals surface area contributed by atoms with Crippen molar-refractivity contribution < 1.29 is 4.74 Å². The Morgan fingerprint density at radius 3 is 1.71 bits per heavy atom. The van der Waals surface area contributed by atoms with E-state index < -0.39 is 0 Å². The topological polar surface area (TPSA) is 9.23 Å². The number of rotatable bonds is 13. The summed E-state index contributed by atoms with van der Waals surface area (Å²) in [5.74, 6) is 0.744. The molecule has 0 aliphatic carbocycles. The summed E-state index contributed by atoms with van der Waals surface area (Å²) in [5.41, 5.74) is 0. The summed E-state index contributed by atoms with van der Waals surface area (Å²) >= 11 is 0. The molecule has 0 amide bonds. The van der Waals surface area contributed by atoms with E-state index in [2.05, 4.69) is 13.8 Å². The van der Waals surface area contributed by atoms with Crippen LogP contribution in [0.5, 0.6) is 0 Å². The smallest absolute Gasteiger partial charge is 0.0487 e. The van der Waals surface area contributed by atoms with Gasteiger partial charge in [-0.15, -0.1) is 0 Å². The summed E-state index contributed by atoms with van der Waals surface area (Å²) in [6.45, 7) is 5.50. The van der Waals surface area contributed by atoms with Gasteiger partial charge in [0, 0.05) is 13.7 Å². The van der Waals surface area contributed by atoms with E-state index in [0.717, 1.165) is 12.5 Å². The lowest BCUT2D eigenvalue weighted by Gasteiger charge is -2.09. The van der Waals surface area contributed by atoms with E-state index in [9.17, 15) is 0 Å². The van der Waals surface area contributed by atoms with Gasteiger partial charge in [-0.25, -0.2) is 0 Å². The van der Waals surface area contributed by atoms with Crippen molar-refractivity contribution in [2.45, 2.75) is 84.5 Å². The highest BCUT2D eigenvalue weighted by atomic mass is 16.5. The fraction of sp³-hybridized carbons (Fsp3) is 1.00. The summed E-state index contributed by atoms with van der Waals surface area (Å²) in [4.78, 5) is 0. The Morgan fingerprint density at radius 2 is 1.24 bits per heavy atom. The molecule has 0 N–H and O–H groups in total. The van der Waals surface area contributed by atoms with Crippen LogP contribution in [0.3, 0.4) is 0 Å². The Kier molecular flexibility index (Phi) is 14.0. The van der Waals surface area contributed by atoms with Crippen molar-refractivity contribution in [3.63, 3.8) is 0 Å². The number of unbranched alkanes of at least 4 members (excludes halogenated alkanes) is 9. The second-order valence-corrected chi connectivity index (χ2v) is 5.53. The highest BCUT2D eigenvalue weighted by molar-refractivity contribution is 4.53. The molecule has 0 saturated carbocycles. The lowest BCUT2D eigenvalue weighted by molar-refractivity contribution is 0.154. The monoisotopic (exact) mass is 242 g/mol. The number of hydrogen-bond acceptors (Lipinski definition) is 1. The average molecular weight is 242 g/mol. The molecule has 104 valence electrons. The summed E-state index contributed by atoms with van der Waals surface area (Å²) in [6.07, 6.45) is 15.6. The first-order valence-electron chi connectivity index (χ1n) is 7.80. The maximum atomic E-state index is 5.15. The lowest BCUT2D eigenvalue weighted by Crippen LogP contribution is -2.02. The predicted molar refractivity (Wildman–Crippen MR) is 77.5 cm³/mol. The van der Waals surface area contributed by atoms with Crippen molar-refractivity contribution in [1.29, 1.82) is 0 Å². The van der Waals surface area contributed by atoms with Gasteiger partial charge >= 0.3 is 0 Å². The van der Waals surface area contributed by atoms with E-state index in [0.29, 0.717) is 0 Å². The van der Waals surface area contributed by atoms with Crippen molar-refractivity contribution >= 4 is 0 Å². The Balaban J connectivity index is 2.98. The Hall–Kier alpha value is -0.0400. The molecule has 0 aromatic heterocycles. The average Bonchev–Trinajstić information content (AvgIpc) is 2.32. The molecule has 0 aromatic rings. The van der Waals surface area contributed by atoms with Crippen LogP contribution in [0.4, 0.5) is 0 Å². The molecule has 0 bridgehead atoms. The van der Waals surface area contributed by atoms with Gasteiger partial charge in [-0.05, 0) is 12.3 Å². The van der Waals surface area contributed by atoms with Crippen LogP contribution < -0.4 is 0 Å². The van der Waals surface area contributed by atoms with Crippen molar-refractivity contribution in [3.05, 3.63) is 0 Å². The third-order valence-corrected chi connectivity index (χ3v) is 3.50. The first kappa shape index (κ1) is 17.0. The maximum absolute atomic E-state index is 5.15. The van der Waals surface area contributed by atoms with Gasteiger partial charge in [0.15, 0.2) is 0 Å². The van der Waals surface area contributed by atoms with E-state index in [4.69, 9.17) is 4.74 Å². The summed E-state index contributed by atoms with van der Waals surface area (Å²) < 4.78 is 5.15. The minimum atomic E-state index is 0.744. The van der Waals surface area contributed by atoms with E-state index in [1.165, 1.54) is 70.6 Å². The van der Waals surface area contributed by atoms with Gasteiger partial charge in [0.25, 0.3) is 0 Å². The molecule has 0 radical (unpaired) electrons. The Morgan fingerprint density at radius 1 is 0.765 bits per heavy atom. The van der Waals surface area contributed by atoms with Crippen LogP contribution in [0.2, 0.25) is 0 Å². The molecule has 1 nitrogen and oxygen atoms in total. The number of hydrogen-bond donors (Lipinski definition) is 0. The molecule has 0 saturated heterocycles. The van der Waals surface area contributed by atoms with E-state index in [1.807, 2.05) is 0 Å². The molecular weight excluding hydrogens is 208 g/mol. The highest BCUT2D eigenvalue weighted by Crippen LogP contribution is 2.13. The molecule has 0 fully saturated rings. The number of methoxy groups -OCH3 is 1. The second kappa shape index (κ2) is 14.0. The van der Waals surface area contributed by atoms with Gasteiger partial charge in [-0.1, -0.05) is 78.1 Å². The summed E-state index contributed by atoms with van der Waals surface area (Å²) in [6, 6.07) is 0. The fourth-order valence-electron chi connectivity index (χ4n) is 2.35. The standard InChI is InChI=1S/C16H34O/c1-4-5-6-7-8-9-10-11-12-13-14-16(2)15-17-3/h16H,4-15H2,1-3H3. The minimum Gasteiger partial charge on any atom is -0.384 e. The van der Waals surface area contributed by atoms with Crippen molar-refractivity contribution in [1.82, 2.24) is 0 Å². The maximum Gasteiger partial charge on any atom is 0.0487 e. The quantitative estimate of drug-likeness (QED) is 0.383. The Labute approximate surface area is 109 Å². The normalized spacial score (nSPS) is 12.9. The second-order valence-electron chi connectivity index (χ2n) is 5.53. The third kappa shape index (κ3) is 13.9. The zero-order valence-electron chi connectivity index (χ0n) is 12.5. The molecule has 1 atom stereocenters. The van der Waals surface area contributed by atoms with Crippen LogP contribution in [0.15, 0.2) is 0 Å². The van der Waals surface area contributed by atoms with E-state index >= 15 is 0 Å². The molecule has 0 aliphatic heterocycles. The molecular formula is C16H34O. The van der Waals surface area contributed by atoms with Gasteiger partial charge in [0.1, 0.15) is 0 Å². The van der Waals surface area contributed by atoms with Crippen LogP contribution in [-0.2, 0) is 4.74 Å². The van der Waals surface area contributed by atoms with Gasteiger partial charge < -0.3 is 4.74 Å². The third-order valence-electron chi connectivity index (χ3n) is 3.50. The largest absolute Gasteiger partial charge is 0.384 e. The molecule has 1 unspecified atom stereocenters. The highest BCUT2D eigenvalue weighted by Gasteiger charge is 2.00. The molecule has 1 heteroatoms. The van der Waals surface area contributed by atoms with Crippen LogP contribution in [-0.4, -0.2) is 13.7 Å². The van der Waals surface area contributed by atoms with Crippen LogP contribution in [0, 0.1) is 5.92 Å².